The maximum Gasteiger partial charge on any atom is 0.270 e. The summed E-state index contributed by atoms with van der Waals surface area (Å²) >= 11 is 5.23. The molecule has 0 heterocycles. The van der Waals surface area contributed by atoms with Crippen LogP contribution in [0.2, 0.25) is 0 Å². The predicted octanol–water partition coefficient (Wildman–Crippen LogP) is 3.40. The highest BCUT2D eigenvalue weighted by molar-refractivity contribution is 7.80. The lowest BCUT2D eigenvalue weighted by Gasteiger charge is -2.14. The number of hydrogen-bond acceptors (Lipinski definition) is 4. The van der Waals surface area contributed by atoms with Crippen molar-refractivity contribution in [2.45, 2.75) is 20.4 Å². The van der Waals surface area contributed by atoms with Gasteiger partial charge < -0.3 is 15.7 Å². The number of nitro benzene ring substituents is 1. The van der Waals surface area contributed by atoms with Gasteiger partial charge in [-0.25, -0.2) is 0 Å². The summed E-state index contributed by atoms with van der Waals surface area (Å²) < 4.78 is 0. The van der Waals surface area contributed by atoms with Gasteiger partial charge in [-0.15, -0.1) is 0 Å². The Morgan fingerprint density at radius 3 is 2.74 bits per heavy atom. The molecule has 0 amide bonds. The molecule has 0 bridgehead atoms. The Hall–Kier alpha value is -2.67. The summed E-state index contributed by atoms with van der Waals surface area (Å²) in [5, 5.41) is 27.0. The minimum atomic E-state index is -0.504. The highest BCUT2D eigenvalue weighted by atomic mass is 32.1. The number of nitrogens with zero attached hydrogens (tertiary/aromatic N) is 1. The summed E-state index contributed by atoms with van der Waals surface area (Å²) in [7, 11) is 0. The minimum absolute atomic E-state index is 0.0161. The Morgan fingerprint density at radius 1 is 1.30 bits per heavy atom. The smallest absolute Gasteiger partial charge is 0.270 e. The lowest BCUT2D eigenvalue weighted by Crippen LogP contribution is -2.28. The zero-order chi connectivity index (χ0) is 17.0. The molecule has 0 aliphatic carbocycles. The summed E-state index contributed by atoms with van der Waals surface area (Å²) in [5.74, 6) is -0.0161. The standard InChI is InChI=1S/C16H17N3O3S/c1-10-4-3-5-14(11(10)2)18-16(23)17-9-12-8-13(19(21)22)6-7-15(12)20/h3-8,20H,9H2,1-2H3,(H2,17,18,23). The van der Waals surface area contributed by atoms with Crippen LogP contribution in [0.3, 0.4) is 0 Å². The van der Waals surface area contributed by atoms with E-state index in [1.807, 2.05) is 32.0 Å². The number of aryl methyl sites for hydroxylation is 1. The molecule has 7 heteroatoms. The Labute approximate surface area is 139 Å². The molecule has 0 unspecified atom stereocenters. The van der Waals surface area contributed by atoms with Gasteiger partial charge in [0.1, 0.15) is 5.75 Å². The zero-order valence-corrected chi connectivity index (χ0v) is 13.6. The number of nitro groups is 1. The van der Waals surface area contributed by atoms with E-state index in [1.54, 1.807) is 0 Å². The van der Waals surface area contributed by atoms with E-state index < -0.39 is 4.92 Å². The van der Waals surface area contributed by atoms with Gasteiger partial charge in [-0.1, -0.05) is 12.1 Å². The van der Waals surface area contributed by atoms with Crippen molar-refractivity contribution in [3.8, 4) is 5.75 Å². The maximum absolute atomic E-state index is 10.8. The van der Waals surface area contributed by atoms with Crippen molar-refractivity contribution in [1.82, 2.24) is 5.32 Å². The first-order valence-corrected chi connectivity index (χ1v) is 7.36. The quantitative estimate of drug-likeness (QED) is 0.452. The topological polar surface area (TPSA) is 87.4 Å². The van der Waals surface area contributed by atoms with Gasteiger partial charge in [-0.05, 0) is 49.3 Å². The molecular formula is C16H17N3O3S. The minimum Gasteiger partial charge on any atom is -0.508 e. The molecule has 0 radical (unpaired) electrons. The van der Waals surface area contributed by atoms with Crippen molar-refractivity contribution < 1.29 is 10.0 Å². The van der Waals surface area contributed by atoms with Crippen LogP contribution in [0.1, 0.15) is 16.7 Å². The van der Waals surface area contributed by atoms with E-state index in [-0.39, 0.29) is 18.0 Å². The van der Waals surface area contributed by atoms with Crippen LogP contribution in [0.5, 0.6) is 5.75 Å². The monoisotopic (exact) mass is 331 g/mol. The summed E-state index contributed by atoms with van der Waals surface area (Å²) in [6.07, 6.45) is 0. The number of rotatable bonds is 4. The average Bonchev–Trinajstić information content (AvgIpc) is 2.51. The SMILES string of the molecule is Cc1cccc(NC(=S)NCc2cc([N+](=O)[O-])ccc2O)c1C. The summed E-state index contributed by atoms with van der Waals surface area (Å²) in [4.78, 5) is 10.3. The Morgan fingerprint density at radius 2 is 2.04 bits per heavy atom. The molecule has 0 aliphatic heterocycles. The van der Waals surface area contributed by atoms with Crippen LogP contribution >= 0.6 is 12.2 Å². The fourth-order valence-electron chi connectivity index (χ4n) is 2.06. The van der Waals surface area contributed by atoms with Crippen molar-refractivity contribution >= 4 is 28.7 Å². The van der Waals surface area contributed by atoms with E-state index in [9.17, 15) is 15.2 Å². The molecule has 2 aromatic carbocycles. The second-order valence-electron chi connectivity index (χ2n) is 5.13. The van der Waals surface area contributed by atoms with E-state index in [4.69, 9.17) is 12.2 Å². The fraction of sp³-hybridized carbons (Fsp3) is 0.188. The van der Waals surface area contributed by atoms with Gasteiger partial charge in [0, 0.05) is 29.9 Å². The molecule has 0 saturated heterocycles. The predicted molar refractivity (Wildman–Crippen MR) is 93.7 cm³/mol. The number of thiocarbonyl (C=S) groups is 1. The first kappa shape index (κ1) is 16.7. The van der Waals surface area contributed by atoms with Crippen molar-refractivity contribution in [3.63, 3.8) is 0 Å². The van der Waals surface area contributed by atoms with E-state index in [0.717, 1.165) is 16.8 Å². The third kappa shape index (κ3) is 4.17. The zero-order valence-electron chi connectivity index (χ0n) is 12.8. The number of benzene rings is 2. The second-order valence-corrected chi connectivity index (χ2v) is 5.53. The number of nitrogens with one attached hydrogen (secondary N) is 2. The van der Waals surface area contributed by atoms with Crippen LogP contribution in [0.15, 0.2) is 36.4 Å². The molecule has 120 valence electrons. The summed E-state index contributed by atoms with van der Waals surface area (Å²) in [6.45, 7) is 4.19. The van der Waals surface area contributed by atoms with E-state index in [2.05, 4.69) is 10.6 Å². The van der Waals surface area contributed by atoms with Crippen molar-refractivity contribution in [2.24, 2.45) is 0 Å². The molecule has 6 nitrogen and oxygen atoms in total. The molecule has 3 N–H and O–H groups in total. The molecule has 23 heavy (non-hydrogen) atoms. The van der Waals surface area contributed by atoms with E-state index >= 15 is 0 Å². The highest BCUT2D eigenvalue weighted by Crippen LogP contribution is 2.23. The molecule has 0 saturated carbocycles. The van der Waals surface area contributed by atoms with Crippen LogP contribution in [-0.4, -0.2) is 15.1 Å². The lowest BCUT2D eigenvalue weighted by molar-refractivity contribution is -0.384. The fourth-order valence-corrected chi connectivity index (χ4v) is 2.24. The van der Waals surface area contributed by atoms with Gasteiger partial charge in [0.05, 0.1) is 4.92 Å². The molecule has 2 rings (SSSR count). The number of non-ortho nitro benzene ring substituents is 1. The molecule has 0 fully saturated rings. The average molecular weight is 331 g/mol. The summed E-state index contributed by atoms with van der Waals surface area (Å²) in [6, 6.07) is 9.74. The van der Waals surface area contributed by atoms with Crippen LogP contribution in [0, 0.1) is 24.0 Å². The van der Waals surface area contributed by atoms with Gasteiger partial charge in [0.2, 0.25) is 0 Å². The molecular weight excluding hydrogens is 314 g/mol. The van der Waals surface area contributed by atoms with E-state index in [1.165, 1.54) is 18.2 Å². The Bertz CT molecular complexity index is 762. The molecule has 0 aromatic heterocycles. The van der Waals surface area contributed by atoms with Crippen LogP contribution < -0.4 is 10.6 Å². The first-order chi connectivity index (χ1) is 10.9. The third-order valence-electron chi connectivity index (χ3n) is 3.57. The number of aromatic hydroxyl groups is 1. The second kappa shape index (κ2) is 7.06. The third-order valence-corrected chi connectivity index (χ3v) is 3.81. The molecule has 0 aliphatic rings. The number of phenolic OH excluding ortho intramolecular Hbond substituents is 1. The first-order valence-electron chi connectivity index (χ1n) is 6.96. The Kier molecular flexibility index (Phi) is 5.13. The number of hydrogen-bond donors (Lipinski definition) is 3. The normalized spacial score (nSPS) is 10.2. The number of phenols is 1. The molecule has 0 atom stereocenters. The van der Waals surface area contributed by atoms with Gasteiger partial charge in [-0.2, -0.15) is 0 Å². The van der Waals surface area contributed by atoms with Crippen molar-refractivity contribution in [3.05, 3.63) is 63.2 Å². The van der Waals surface area contributed by atoms with Gasteiger partial charge in [0.15, 0.2) is 5.11 Å². The maximum atomic E-state index is 10.8. The largest absolute Gasteiger partial charge is 0.508 e. The van der Waals surface area contributed by atoms with Crippen LogP contribution in [0.4, 0.5) is 11.4 Å². The van der Waals surface area contributed by atoms with Gasteiger partial charge in [0.25, 0.3) is 5.69 Å². The van der Waals surface area contributed by atoms with Gasteiger partial charge >= 0.3 is 0 Å². The van der Waals surface area contributed by atoms with Crippen LogP contribution in [0.25, 0.3) is 0 Å². The van der Waals surface area contributed by atoms with E-state index in [0.29, 0.717) is 10.7 Å². The van der Waals surface area contributed by atoms with Crippen molar-refractivity contribution in [1.29, 1.82) is 0 Å². The molecule has 0 spiro atoms. The van der Waals surface area contributed by atoms with Crippen molar-refractivity contribution in [2.75, 3.05) is 5.32 Å². The highest BCUT2D eigenvalue weighted by Gasteiger charge is 2.11. The molecule has 2 aromatic rings. The Balaban J connectivity index is 2.03. The lowest BCUT2D eigenvalue weighted by atomic mass is 10.1. The van der Waals surface area contributed by atoms with Crippen LogP contribution in [-0.2, 0) is 6.54 Å². The summed E-state index contributed by atoms with van der Waals surface area (Å²) in [5.41, 5.74) is 3.46. The van der Waals surface area contributed by atoms with Gasteiger partial charge in [-0.3, -0.25) is 10.1 Å². The number of anilines is 1.